The van der Waals surface area contributed by atoms with E-state index in [9.17, 15) is 21.6 Å². The van der Waals surface area contributed by atoms with Crippen LogP contribution >= 0.6 is 11.3 Å². The number of rotatable bonds is 5. The van der Waals surface area contributed by atoms with E-state index in [4.69, 9.17) is 0 Å². The number of hydrogen-bond donors (Lipinski definition) is 2. The molecule has 1 fully saturated rings. The van der Waals surface area contributed by atoms with Gasteiger partial charge in [-0.1, -0.05) is 0 Å². The Hall–Kier alpha value is -1.36. The summed E-state index contributed by atoms with van der Waals surface area (Å²) < 4.78 is 60.4. The van der Waals surface area contributed by atoms with Gasteiger partial charge in [0.25, 0.3) is 0 Å². The molecule has 2 N–H and O–H groups in total. The zero-order valence-electron chi connectivity index (χ0n) is 13.1. The Labute approximate surface area is 142 Å². The van der Waals surface area contributed by atoms with Crippen molar-refractivity contribution in [2.24, 2.45) is 4.99 Å². The van der Waals surface area contributed by atoms with E-state index in [1.807, 2.05) is 6.92 Å². The standard InChI is InChI=1S/C13H19F3N4O2S2/c1-2-17-12(19-9-4-6-24(21,22)8-9)18-5-3-11-20-10(7-23-11)13(14,15)16/h7,9H,2-6,8H2,1H3,(H2,17,18,19). The number of aromatic nitrogens is 1. The monoisotopic (exact) mass is 384 g/mol. The fourth-order valence-electron chi connectivity index (χ4n) is 2.24. The highest BCUT2D eigenvalue weighted by Gasteiger charge is 2.33. The van der Waals surface area contributed by atoms with Crippen LogP contribution in [0.4, 0.5) is 13.2 Å². The SMILES string of the molecule is CCNC(=NCCc1nc(C(F)(F)F)cs1)NC1CCS(=O)(=O)C1. The number of sulfone groups is 1. The average Bonchev–Trinajstić information content (AvgIpc) is 3.05. The van der Waals surface area contributed by atoms with E-state index >= 15 is 0 Å². The Morgan fingerprint density at radius 3 is 2.79 bits per heavy atom. The minimum Gasteiger partial charge on any atom is -0.357 e. The van der Waals surface area contributed by atoms with Gasteiger partial charge in [0.2, 0.25) is 0 Å². The number of halogens is 3. The largest absolute Gasteiger partial charge is 0.434 e. The molecule has 6 nitrogen and oxygen atoms in total. The molecule has 0 radical (unpaired) electrons. The summed E-state index contributed by atoms with van der Waals surface area (Å²) in [6, 6.07) is -0.190. The second-order valence-corrected chi connectivity index (χ2v) is 8.55. The lowest BCUT2D eigenvalue weighted by Gasteiger charge is -2.15. The maximum Gasteiger partial charge on any atom is 0.434 e. The highest BCUT2D eigenvalue weighted by molar-refractivity contribution is 7.91. The molecule has 1 aromatic heterocycles. The van der Waals surface area contributed by atoms with Gasteiger partial charge in [0, 0.05) is 30.9 Å². The van der Waals surface area contributed by atoms with Crippen LogP contribution in [-0.2, 0) is 22.4 Å². The van der Waals surface area contributed by atoms with Crippen LogP contribution in [0.15, 0.2) is 10.4 Å². The van der Waals surface area contributed by atoms with Gasteiger partial charge in [0.1, 0.15) is 0 Å². The van der Waals surface area contributed by atoms with Gasteiger partial charge < -0.3 is 10.6 Å². The summed E-state index contributed by atoms with van der Waals surface area (Å²) in [6.45, 7) is 2.74. The number of nitrogens with zero attached hydrogens (tertiary/aromatic N) is 2. The van der Waals surface area contributed by atoms with Crippen LogP contribution in [0.3, 0.4) is 0 Å². The van der Waals surface area contributed by atoms with Crippen molar-refractivity contribution in [1.29, 1.82) is 0 Å². The maximum atomic E-state index is 12.5. The molecule has 136 valence electrons. The van der Waals surface area contributed by atoms with Crippen molar-refractivity contribution >= 4 is 27.1 Å². The van der Waals surface area contributed by atoms with Crippen molar-refractivity contribution in [3.63, 3.8) is 0 Å². The third-order valence-corrected chi connectivity index (χ3v) is 6.03. The number of nitrogens with one attached hydrogen (secondary N) is 2. The Kier molecular flexibility index (Phi) is 6.07. The van der Waals surface area contributed by atoms with E-state index in [1.165, 1.54) is 0 Å². The van der Waals surface area contributed by atoms with Crippen LogP contribution in [0.25, 0.3) is 0 Å². The first-order chi connectivity index (χ1) is 11.2. The zero-order valence-corrected chi connectivity index (χ0v) is 14.7. The quantitative estimate of drug-likeness (QED) is 0.593. The number of thiazole rings is 1. The van der Waals surface area contributed by atoms with Crippen LogP contribution in [0.5, 0.6) is 0 Å². The Bertz CT molecular complexity index is 686. The third-order valence-electron chi connectivity index (χ3n) is 3.36. The van der Waals surface area contributed by atoms with E-state index in [1.54, 1.807) is 0 Å². The summed E-state index contributed by atoms with van der Waals surface area (Å²) in [6.07, 6.45) is -3.61. The van der Waals surface area contributed by atoms with Gasteiger partial charge in [-0.3, -0.25) is 4.99 Å². The van der Waals surface area contributed by atoms with Crippen molar-refractivity contribution < 1.29 is 21.6 Å². The highest BCUT2D eigenvalue weighted by Crippen LogP contribution is 2.30. The lowest BCUT2D eigenvalue weighted by Crippen LogP contribution is -2.44. The molecule has 1 aliphatic heterocycles. The molecule has 1 saturated heterocycles. The molecule has 2 heterocycles. The van der Waals surface area contributed by atoms with E-state index < -0.39 is 21.7 Å². The van der Waals surface area contributed by atoms with Crippen LogP contribution in [0.1, 0.15) is 24.0 Å². The lowest BCUT2D eigenvalue weighted by molar-refractivity contribution is -0.140. The zero-order chi connectivity index (χ0) is 17.8. The molecule has 0 saturated carbocycles. The van der Waals surface area contributed by atoms with Crippen LogP contribution < -0.4 is 10.6 Å². The number of aliphatic imine (C=N–C) groups is 1. The maximum absolute atomic E-state index is 12.5. The molecule has 0 spiro atoms. The predicted molar refractivity (Wildman–Crippen MR) is 87.0 cm³/mol. The van der Waals surface area contributed by atoms with Crippen LogP contribution in [0, 0.1) is 0 Å². The molecule has 1 unspecified atom stereocenters. The first-order valence-electron chi connectivity index (χ1n) is 7.46. The summed E-state index contributed by atoms with van der Waals surface area (Å²) >= 11 is 0.954. The van der Waals surface area contributed by atoms with Crippen molar-refractivity contribution in [2.45, 2.75) is 32.0 Å². The highest BCUT2D eigenvalue weighted by atomic mass is 32.2. The summed E-state index contributed by atoms with van der Waals surface area (Å²) in [5, 5.41) is 7.41. The van der Waals surface area contributed by atoms with Gasteiger partial charge in [-0.15, -0.1) is 11.3 Å². The Balaban J connectivity index is 1.90. The Morgan fingerprint density at radius 1 is 1.50 bits per heavy atom. The fourth-order valence-corrected chi connectivity index (χ4v) is 4.71. The van der Waals surface area contributed by atoms with Gasteiger partial charge in [-0.25, -0.2) is 13.4 Å². The molecule has 24 heavy (non-hydrogen) atoms. The predicted octanol–water partition coefficient (Wildman–Crippen LogP) is 1.45. The first-order valence-corrected chi connectivity index (χ1v) is 10.2. The molecular formula is C13H19F3N4O2S2. The number of guanidine groups is 1. The smallest absolute Gasteiger partial charge is 0.357 e. The van der Waals surface area contributed by atoms with E-state index in [2.05, 4.69) is 20.6 Å². The van der Waals surface area contributed by atoms with Crippen LogP contribution in [-0.4, -0.2) is 50.0 Å². The van der Waals surface area contributed by atoms with Crippen molar-refractivity contribution in [3.05, 3.63) is 16.1 Å². The summed E-state index contributed by atoms with van der Waals surface area (Å²) in [5.41, 5.74) is -0.882. The van der Waals surface area contributed by atoms with Crippen LogP contribution in [0.2, 0.25) is 0 Å². The molecule has 1 aliphatic rings. The van der Waals surface area contributed by atoms with Gasteiger partial charge in [-0.2, -0.15) is 13.2 Å². The van der Waals surface area contributed by atoms with Crippen molar-refractivity contribution in [3.8, 4) is 0 Å². The van der Waals surface area contributed by atoms with Gasteiger partial charge in [-0.05, 0) is 13.3 Å². The van der Waals surface area contributed by atoms with Gasteiger partial charge >= 0.3 is 6.18 Å². The van der Waals surface area contributed by atoms with Gasteiger partial charge in [0.15, 0.2) is 21.5 Å². The van der Waals surface area contributed by atoms with E-state index in [0.29, 0.717) is 30.4 Å². The minimum atomic E-state index is -4.43. The molecule has 1 atom stereocenters. The summed E-state index contributed by atoms with van der Waals surface area (Å²) in [7, 11) is -2.99. The molecule has 0 aliphatic carbocycles. The molecule has 11 heteroatoms. The average molecular weight is 384 g/mol. The third kappa shape index (κ3) is 5.62. The second kappa shape index (κ2) is 7.68. The topological polar surface area (TPSA) is 83.4 Å². The van der Waals surface area contributed by atoms with E-state index in [0.717, 1.165) is 16.7 Å². The molecule has 0 bridgehead atoms. The molecular weight excluding hydrogens is 365 g/mol. The van der Waals surface area contributed by atoms with Gasteiger partial charge in [0.05, 0.1) is 16.5 Å². The molecule has 1 aromatic rings. The minimum absolute atomic E-state index is 0.0683. The Morgan fingerprint density at radius 2 is 2.25 bits per heavy atom. The molecule has 2 rings (SSSR count). The molecule has 0 amide bonds. The molecule has 0 aromatic carbocycles. The number of alkyl halides is 3. The fraction of sp³-hybridized carbons (Fsp3) is 0.692. The number of hydrogen-bond acceptors (Lipinski definition) is 5. The summed E-state index contributed by atoms with van der Waals surface area (Å²) in [5.74, 6) is 0.689. The normalized spacial score (nSPS) is 21.0. The van der Waals surface area contributed by atoms with Crippen molar-refractivity contribution in [1.82, 2.24) is 15.6 Å². The first kappa shape index (κ1) is 19.0. The second-order valence-electron chi connectivity index (χ2n) is 5.38. The van der Waals surface area contributed by atoms with Crippen molar-refractivity contribution in [2.75, 3.05) is 24.6 Å². The lowest BCUT2D eigenvalue weighted by atomic mass is 10.3. The van der Waals surface area contributed by atoms with E-state index in [-0.39, 0.29) is 24.1 Å². The summed E-state index contributed by atoms with van der Waals surface area (Å²) in [4.78, 5) is 7.83.